The summed E-state index contributed by atoms with van der Waals surface area (Å²) in [6, 6.07) is 0. The summed E-state index contributed by atoms with van der Waals surface area (Å²) in [6.07, 6.45) is 0.432. The number of amides is 1. The van der Waals surface area contributed by atoms with E-state index in [1.54, 1.807) is 6.34 Å². The lowest BCUT2D eigenvalue weighted by molar-refractivity contribution is -0.173. The Morgan fingerprint density at radius 3 is 2.58 bits per heavy atom. The van der Waals surface area contributed by atoms with E-state index in [2.05, 4.69) is 38.8 Å². The van der Waals surface area contributed by atoms with Gasteiger partial charge in [-0.2, -0.15) is 18.3 Å². The number of fused-ring (bicyclic) bond motifs is 1. The first-order valence-electron chi connectivity index (χ1n) is 13.0. The molecule has 0 aliphatic carbocycles. The van der Waals surface area contributed by atoms with Crippen LogP contribution in [-0.4, -0.2) is 91.7 Å². The molecule has 1 fully saturated rings. The van der Waals surface area contributed by atoms with Crippen LogP contribution in [0, 0.1) is 0 Å². The number of aryl methyl sites for hydroxylation is 1. The first-order valence-corrected chi connectivity index (χ1v) is 13.0. The third kappa shape index (κ3) is 7.60. The van der Waals surface area contributed by atoms with Crippen LogP contribution in [0.2, 0.25) is 0 Å². The Kier molecular flexibility index (Phi) is 10.8. The van der Waals surface area contributed by atoms with Gasteiger partial charge >= 0.3 is 12.1 Å². The molecule has 1 aliphatic rings. The molecule has 3 N–H and O–H groups in total. The van der Waals surface area contributed by atoms with Crippen molar-refractivity contribution in [1.29, 1.82) is 0 Å². The minimum atomic E-state index is -4.95. The minimum absolute atomic E-state index is 0.174. The van der Waals surface area contributed by atoms with Gasteiger partial charge in [-0.1, -0.05) is 26.7 Å². The van der Waals surface area contributed by atoms with E-state index in [0.717, 1.165) is 38.8 Å². The molecule has 3 heterocycles. The van der Waals surface area contributed by atoms with Crippen LogP contribution in [0.1, 0.15) is 64.3 Å². The topological polar surface area (TPSA) is 138 Å². The van der Waals surface area contributed by atoms with Gasteiger partial charge in [0, 0.05) is 26.1 Å². The number of unbranched alkanes of at least 4 members (excludes halogenated alkanes) is 2. The minimum Gasteiger partial charge on any atom is -0.394 e. The van der Waals surface area contributed by atoms with Gasteiger partial charge in [-0.15, -0.1) is 0 Å². The van der Waals surface area contributed by atoms with Crippen LogP contribution < -0.4 is 5.32 Å². The first-order chi connectivity index (χ1) is 18.2. The Labute approximate surface area is 219 Å². The summed E-state index contributed by atoms with van der Waals surface area (Å²) in [5, 5.41) is 26.7. The fourth-order valence-electron chi connectivity index (χ4n) is 4.17. The summed E-state index contributed by atoms with van der Waals surface area (Å²) in [4.78, 5) is 26.6. The van der Waals surface area contributed by atoms with E-state index < -0.39 is 30.5 Å². The van der Waals surface area contributed by atoms with E-state index in [1.807, 2.05) is 5.32 Å². The highest BCUT2D eigenvalue weighted by atomic mass is 19.4. The molecule has 2 aromatic heterocycles. The fraction of sp³-hybridized carbons (Fsp3) is 0.708. The van der Waals surface area contributed by atoms with Gasteiger partial charge in [0.15, 0.2) is 17.7 Å². The SMILES string of the molecule is CCCCN(/C=N/c1ncnc2c1c(CCCNC(=O)C(F)(F)F)nn2[C@H]1C[C@H](O)[C@@H](CO)O1)CCCC. The molecule has 1 amide bonds. The number of nitrogens with zero attached hydrogens (tertiary/aromatic N) is 6. The molecule has 38 heavy (non-hydrogen) atoms. The molecule has 2 aromatic rings. The Morgan fingerprint density at radius 1 is 1.26 bits per heavy atom. The number of rotatable bonds is 14. The highest BCUT2D eigenvalue weighted by molar-refractivity contribution is 5.89. The normalized spacial score (nSPS) is 20.0. The summed E-state index contributed by atoms with van der Waals surface area (Å²) >= 11 is 0. The van der Waals surface area contributed by atoms with E-state index in [0.29, 0.717) is 22.5 Å². The van der Waals surface area contributed by atoms with E-state index in [-0.39, 0.29) is 32.4 Å². The maximum absolute atomic E-state index is 12.5. The number of hydrogen-bond donors (Lipinski definition) is 3. The average Bonchev–Trinajstić information content (AvgIpc) is 3.45. The maximum Gasteiger partial charge on any atom is 0.471 e. The predicted molar refractivity (Wildman–Crippen MR) is 134 cm³/mol. The van der Waals surface area contributed by atoms with Crippen molar-refractivity contribution in [2.24, 2.45) is 4.99 Å². The van der Waals surface area contributed by atoms with Crippen LogP contribution in [0.25, 0.3) is 11.0 Å². The van der Waals surface area contributed by atoms with Crippen molar-refractivity contribution in [3.63, 3.8) is 0 Å². The smallest absolute Gasteiger partial charge is 0.394 e. The molecule has 0 unspecified atom stereocenters. The number of ether oxygens (including phenoxy) is 1. The van der Waals surface area contributed by atoms with Crippen molar-refractivity contribution >= 4 is 29.1 Å². The molecule has 3 atom stereocenters. The monoisotopic (exact) mass is 543 g/mol. The lowest BCUT2D eigenvalue weighted by Crippen LogP contribution is -2.37. The van der Waals surface area contributed by atoms with Crippen molar-refractivity contribution in [1.82, 2.24) is 30.0 Å². The third-order valence-corrected chi connectivity index (χ3v) is 6.27. The summed E-state index contributed by atoms with van der Waals surface area (Å²) in [6.45, 7) is 5.35. The molecular formula is C24H36F3N7O4. The number of aliphatic hydroxyl groups is 2. The van der Waals surface area contributed by atoms with Crippen LogP contribution >= 0.6 is 0 Å². The Bertz CT molecular complexity index is 1070. The zero-order chi connectivity index (χ0) is 27.7. The zero-order valence-corrected chi connectivity index (χ0v) is 21.7. The molecule has 3 rings (SSSR count). The van der Waals surface area contributed by atoms with Crippen LogP contribution in [0.15, 0.2) is 11.3 Å². The van der Waals surface area contributed by atoms with Crippen LogP contribution in [0.4, 0.5) is 19.0 Å². The first kappa shape index (κ1) is 29.7. The quantitative estimate of drug-likeness (QED) is 0.188. The molecular weight excluding hydrogens is 507 g/mol. The van der Waals surface area contributed by atoms with Gasteiger partial charge in [0.25, 0.3) is 0 Å². The molecule has 0 spiro atoms. The highest BCUT2D eigenvalue weighted by Crippen LogP contribution is 2.34. The molecule has 1 aliphatic heterocycles. The molecule has 0 radical (unpaired) electrons. The summed E-state index contributed by atoms with van der Waals surface area (Å²) in [5.74, 6) is -1.64. The Balaban J connectivity index is 1.90. The van der Waals surface area contributed by atoms with Gasteiger partial charge in [-0.25, -0.2) is 19.6 Å². The van der Waals surface area contributed by atoms with Crippen molar-refractivity contribution < 1.29 is 32.9 Å². The van der Waals surface area contributed by atoms with Gasteiger partial charge in [0.05, 0.1) is 30.1 Å². The van der Waals surface area contributed by atoms with Crippen LogP contribution in [0.5, 0.6) is 0 Å². The number of aliphatic imine (C=N–C) groups is 1. The lowest BCUT2D eigenvalue weighted by Gasteiger charge is -2.18. The number of alkyl halides is 3. The third-order valence-electron chi connectivity index (χ3n) is 6.27. The molecule has 0 bridgehead atoms. The van der Waals surface area contributed by atoms with Crippen LogP contribution in [0.3, 0.4) is 0 Å². The molecule has 0 saturated carbocycles. The summed E-state index contributed by atoms with van der Waals surface area (Å²) in [7, 11) is 0. The number of carbonyl (C=O) groups is 1. The number of nitrogens with one attached hydrogen (secondary N) is 1. The average molecular weight is 544 g/mol. The van der Waals surface area contributed by atoms with E-state index in [4.69, 9.17) is 4.74 Å². The van der Waals surface area contributed by atoms with E-state index >= 15 is 0 Å². The second-order valence-electron chi connectivity index (χ2n) is 9.25. The number of halogens is 3. The molecule has 1 saturated heterocycles. The van der Waals surface area contributed by atoms with Gasteiger partial charge in [0.1, 0.15) is 12.4 Å². The lowest BCUT2D eigenvalue weighted by atomic mass is 10.2. The second-order valence-corrected chi connectivity index (χ2v) is 9.25. The van der Waals surface area contributed by atoms with Gasteiger partial charge in [-0.3, -0.25) is 4.79 Å². The number of hydrogen-bond acceptors (Lipinski definition) is 8. The maximum atomic E-state index is 12.5. The number of aromatic nitrogens is 4. The number of carbonyl (C=O) groups excluding carboxylic acids is 1. The Hall–Kier alpha value is -2.84. The zero-order valence-electron chi connectivity index (χ0n) is 21.7. The second kappa shape index (κ2) is 13.8. The summed E-state index contributed by atoms with van der Waals surface area (Å²) < 4.78 is 44.8. The van der Waals surface area contributed by atoms with Crippen molar-refractivity contribution in [2.75, 3.05) is 26.2 Å². The van der Waals surface area contributed by atoms with E-state index in [1.165, 1.54) is 11.0 Å². The van der Waals surface area contributed by atoms with Crippen molar-refractivity contribution in [3.05, 3.63) is 12.0 Å². The summed E-state index contributed by atoms with van der Waals surface area (Å²) in [5.41, 5.74) is 0.874. The molecule has 0 aromatic carbocycles. The van der Waals surface area contributed by atoms with Crippen LogP contribution in [-0.2, 0) is 16.0 Å². The Morgan fingerprint density at radius 2 is 1.97 bits per heavy atom. The fourth-order valence-corrected chi connectivity index (χ4v) is 4.17. The molecule has 11 nitrogen and oxygen atoms in total. The molecule has 14 heteroatoms. The van der Waals surface area contributed by atoms with E-state index in [9.17, 15) is 28.2 Å². The predicted octanol–water partition coefficient (Wildman–Crippen LogP) is 2.64. The largest absolute Gasteiger partial charge is 0.471 e. The van der Waals surface area contributed by atoms with Crippen molar-refractivity contribution in [2.45, 2.75) is 83.4 Å². The van der Waals surface area contributed by atoms with Crippen molar-refractivity contribution in [3.8, 4) is 0 Å². The van der Waals surface area contributed by atoms with Gasteiger partial charge in [0.2, 0.25) is 0 Å². The number of aliphatic hydroxyl groups excluding tert-OH is 2. The standard InChI is InChI=1S/C24H36F3N7O4/c1-3-5-10-33(11-6-4-2)15-31-21-20-16(8-7-9-28-23(37)24(25,26)27)32-34(22(20)30-14-29-21)19-12-17(36)18(13-35)38-19/h14-15,17-19,35-36H,3-13H2,1-2H3,(H,28,37)/b31-15+/t17-,18+,19+/m0/s1. The van der Waals surface area contributed by atoms with Gasteiger partial charge < -0.3 is 25.2 Å². The van der Waals surface area contributed by atoms with Gasteiger partial charge in [-0.05, 0) is 25.7 Å². The highest BCUT2D eigenvalue weighted by Gasteiger charge is 2.38. The molecule has 212 valence electrons.